The van der Waals surface area contributed by atoms with Gasteiger partial charge < -0.3 is 10.5 Å². The fraction of sp³-hybridized carbons (Fsp3) is 0.500. The molecule has 0 atom stereocenters. The largest absolute Gasteiger partial charge is 0.345 e. The predicted molar refractivity (Wildman–Crippen MR) is 68.1 cm³/mol. The first-order valence-corrected chi connectivity index (χ1v) is 5.58. The number of rotatable bonds is 5. The number of hydrogen-bond donors (Lipinski definition) is 1. The second-order valence-electron chi connectivity index (χ2n) is 4.61. The van der Waals surface area contributed by atoms with Gasteiger partial charge in [0.2, 0.25) is 0 Å². The summed E-state index contributed by atoms with van der Waals surface area (Å²) in [7, 11) is 2.16. The van der Waals surface area contributed by atoms with Gasteiger partial charge in [0.05, 0.1) is 0 Å². The maximum absolute atomic E-state index is 5.56. The van der Waals surface area contributed by atoms with Gasteiger partial charge in [-0.15, -0.1) is 0 Å². The van der Waals surface area contributed by atoms with Gasteiger partial charge in [-0.05, 0) is 23.6 Å². The second-order valence-corrected chi connectivity index (χ2v) is 4.61. The van der Waals surface area contributed by atoms with Crippen LogP contribution in [0.15, 0.2) is 24.3 Å². The minimum Gasteiger partial charge on any atom is -0.345 e. The van der Waals surface area contributed by atoms with Crippen molar-refractivity contribution in [2.75, 3.05) is 6.54 Å². The zero-order valence-corrected chi connectivity index (χ0v) is 10.0. The summed E-state index contributed by atoms with van der Waals surface area (Å²) in [5, 5.41) is 0. The highest BCUT2D eigenvalue weighted by Gasteiger charge is 2.02. The summed E-state index contributed by atoms with van der Waals surface area (Å²) in [5.41, 5.74) is 8.11. The van der Waals surface area contributed by atoms with E-state index in [2.05, 4.69) is 50.9 Å². The Kier molecular flexibility index (Phi) is 4.86. The minimum atomic E-state index is 0.627. The molecule has 0 spiro atoms. The van der Waals surface area contributed by atoms with Gasteiger partial charge in [-0.25, -0.2) is 0 Å². The summed E-state index contributed by atoms with van der Waals surface area (Å²) in [6.45, 7) is 7.27. The molecule has 0 saturated heterocycles. The average Bonchev–Trinajstić information content (AvgIpc) is 2.17. The fourth-order valence-electron chi connectivity index (χ4n) is 1.78. The van der Waals surface area contributed by atoms with Gasteiger partial charge in [-0.3, -0.25) is 0 Å². The van der Waals surface area contributed by atoms with E-state index in [1.807, 2.05) is 0 Å². The van der Waals surface area contributed by atoms with Crippen molar-refractivity contribution in [3.8, 4) is 0 Å². The summed E-state index contributed by atoms with van der Waals surface area (Å²) >= 11 is 0. The molecule has 3 heteroatoms. The van der Waals surface area contributed by atoms with Crippen LogP contribution < -0.4 is 5.73 Å². The Bertz CT molecular complexity index is 282. The van der Waals surface area contributed by atoms with Crippen LogP contribution in [0.1, 0.15) is 25.0 Å². The molecule has 0 saturated carbocycles. The summed E-state index contributed by atoms with van der Waals surface area (Å²) in [6.07, 6.45) is 0. The SMILES string of the molecule is BN(Cc1ccc(CN)cc1)CC(C)C. The monoisotopic (exact) mass is 204 g/mol. The van der Waals surface area contributed by atoms with Crippen molar-refractivity contribution in [2.24, 2.45) is 11.7 Å². The summed E-state index contributed by atoms with van der Waals surface area (Å²) in [4.78, 5) is 2.35. The first-order valence-electron chi connectivity index (χ1n) is 5.58. The van der Waals surface area contributed by atoms with Crippen molar-refractivity contribution in [3.05, 3.63) is 35.4 Å². The zero-order valence-electron chi connectivity index (χ0n) is 10.0. The third kappa shape index (κ3) is 4.49. The Balaban J connectivity index is 2.49. The van der Waals surface area contributed by atoms with Gasteiger partial charge in [-0.2, -0.15) is 0 Å². The molecule has 15 heavy (non-hydrogen) atoms. The molecule has 2 N–H and O–H groups in total. The second kappa shape index (κ2) is 5.94. The molecule has 0 bridgehead atoms. The Morgan fingerprint density at radius 2 is 1.73 bits per heavy atom. The zero-order chi connectivity index (χ0) is 11.3. The van der Waals surface area contributed by atoms with Crippen LogP contribution in [0.3, 0.4) is 0 Å². The third-order valence-electron chi connectivity index (χ3n) is 2.39. The highest BCUT2D eigenvalue weighted by molar-refractivity contribution is 6.04. The van der Waals surface area contributed by atoms with Gasteiger partial charge in [0.1, 0.15) is 0 Å². The first kappa shape index (κ1) is 12.3. The molecule has 0 aliphatic heterocycles. The van der Waals surface area contributed by atoms with Crippen LogP contribution >= 0.6 is 0 Å². The van der Waals surface area contributed by atoms with Gasteiger partial charge in [0.15, 0.2) is 7.98 Å². The average molecular weight is 204 g/mol. The predicted octanol–water partition coefficient (Wildman–Crippen LogP) is 1.15. The van der Waals surface area contributed by atoms with Crippen molar-refractivity contribution >= 4 is 7.98 Å². The summed E-state index contributed by atoms with van der Waals surface area (Å²) in [5.74, 6) is 0.721. The Hall–Kier alpha value is -0.795. The Morgan fingerprint density at radius 3 is 2.20 bits per heavy atom. The molecule has 0 aliphatic carbocycles. The quantitative estimate of drug-likeness (QED) is 0.729. The highest BCUT2D eigenvalue weighted by atomic mass is 15.0. The van der Waals surface area contributed by atoms with E-state index < -0.39 is 0 Å². The van der Waals surface area contributed by atoms with E-state index in [9.17, 15) is 0 Å². The molecule has 1 aromatic rings. The van der Waals surface area contributed by atoms with Crippen LogP contribution in [-0.4, -0.2) is 19.3 Å². The fourth-order valence-corrected chi connectivity index (χ4v) is 1.78. The number of benzene rings is 1. The van der Waals surface area contributed by atoms with Crippen molar-refractivity contribution in [2.45, 2.75) is 26.9 Å². The van der Waals surface area contributed by atoms with Crippen LogP contribution in [0.2, 0.25) is 0 Å². The molecule has 0 radical (unpaired) electrons. The molecular weight excluding hydrogens is 183 g/mol. The van der Waals surface area contributed by atoms with Gasteiger partial charge in [0.25, 0.3) is 0 Å². The van der Waals surface area contributed by atoms with Gasteiger partial charge in [0, 0.05) is 13.1 Å². The molecule has 1 aromatic carbocycles. The van der Waals surface area contributed by atoms with E-state index in [1.165, 1.54) is 11.1 Å². The van der Waals surface area contributed by atoms with Crippen LogP contribution in [0.25, 0.3) is 0 Å². The molecule has 0 heterocycles. The maximum Gasteiger partial charge on any atom is 0.185 e. The van der Waals surface area contributed by atoms with Crippen molar-refractivity contribution in [1.82, 2.24) is 4.81 Å². The summed E-state index contributed by atoms with van der Waals surface area (Å²) < 4.78 is 0. The normalized spacial score (nSPS) is 11.3. The summed E-state index contributed by atoms with van der Waals surface area (Å²) in [6, 6.07) is 8.55. The lowest BCUT2D eigenvalue weighted by Crippen LogP contribution is -2.24. The minimum absolute atomic E-state index is 0.627. The molecular formula is C12H21BN2. The molecule has 0 unspecified atom stereocenters. The third-order valence-corrected chi connectivity index (χ3v) is 2.39. The Labute approximate surface area is 93.9 Å². The van der Waals surface area contributed by atoms with E-state index in [0.717, 1.165) is 19.0 Å². The van der Waals surface area contributed by atoms with Crippen molar-refractivity contribution in [1.29, 1.82) is 0 Å². The smallest absolute Gasteiger partial charge is 0.185 e. The van der Waals surface area contributed by atoms with Crippen LogP contribution in [-0.2, 0) is 13.1 Å². The van der Waals surface area contributed by atoms with E-state index in [0.29, 0.717) is 6.54 Å². The Morgan fingerprint density at radius 1 is 1.20 bits per heavy atom. The van der Waals surface area contributed by atoms with E-state index >= 15 is 0 Å². The van der Waals surface area contributed by atoms with Crippen LogP contribution in [0.4, 0.5) is 0 Å². The van der Waals surface area contributed by atoms with Crippen molar-refractivity contribution in [3.63, 3.8) is 0 Å². The van der Waals surface area contributed by atoms with Crippen LogP contribution in [0, 0.1) is 5.92 Å². The maximum atomic E-state index is 5.56. The number of nitrogens with two attached hydrogens (primary N) is 1. The highest BCUT2D eigenvalue weighted by Crippen LogP contribution is 2.07. The number of hydrogen-bond acceptors (Lipinski definition) is 2. The lowest BCUT2D eigenvalue weighted by Gasteiger charge is -2.19. The molecule has 0 amide bonds. The standard InChI is InChI=1S/C12H21BN2/c1-10(2)8-15(13)9-12-5-3-11(7-14)4-6-12/h3-6,10H,7-9,13-14H2,1-2H3. The van der Waals surface area contributed by atoms with Gasteiger partial charge in [-0.1, -0.05) is 38.1 Å². The lowest BCUT2D eigenvalue weighted by molar-refractivity contribution is 0.387. The first-order chi connectivity index (χ1) is 7.11. The topological polar surface area (TPSA) is 29.3 Å². The molecule has 1 rings (SSSR count). The molecule has 0 aliphatic rings. The van der Waals surface area contributed by atoms with Crippen LogP contribution in [0.5, 0.6) is 0 Å². The van der Waals surface area contributed by atoms with Gasteiger partial charge >= 0.3 is 0 Å². The lowest BCUT2D eigenvalue weighted by atomic mass is 10.1. The van der Waals surface area contributed by atoms with Crippen molar-refractivity contribution < 1.29 is 0 Å². The molecule has 2 nitrogen and oxygen atoms in total. The molecule has 82 valence electrons. The van der Waals surface area contributed by atoms with E-state index in [1.54, 1.807) is 0 Å². The molecule has 0 fully saturated rings. The number of nitrogens with zero attached hydrogens (tertiary/aromatic N) is 1. The molecule has 0 aromatic heterocycles. The van der Waals surface area contributed by atoms with E-state index in [-0.39, 0.29) is 0 Å². The van der Waals surface area contributed by atoms with E-state index in [4.69, 9.17) is 5.73 Å².